The van der Waals surface area contributed by atoms with E-state index in [1.807, 2.05) is 0 Å². The minimum atomic E-state index is -4.71. The summed E-state index contributed by atoms with van der Waals surface area (Å²) in [6.07, 6.45) is -6.19. The van der Waals surface area contributed by atoms with Crippen LogP contribution in [0.1, 0.15) is 30.1 Å². The quantitative estimate of drug-likeness (QED) is 0.658. The molecule has 1 N–H and O–H groups in total. The summed E-state index contributed by atoms with van der Waals surface area (Å²) in [5, 5.41) is 2.26. The van der Waals surface area contributed by atoms with Gasteiger partial charge in [-0.15, -0.1) is 0 Å². The van der Waals surface area contributed by atoms with Gasteiger partial charge >= 0.3 is 6.18 Å². The number of hydrogen-bond donors (Lipinski definition) is 1. The largest absolute Gasteiger partial charge is 0.452 e. The molecule has 1 unspecified atom stereocenters. The Morgan fingerprint density at radius 3 is 2.64 bits per heavy atom. The Balaban J connectivity index is 1.92. The molecular formula is C18H16BrF4N3O2. The molecule has 2 aliphatic heterocycles. The second kappa shape index (κ2) is 7.65. The van der Waals surface area contributed by atoms with Crippen LogP contribution in [-0.2, 0) is 4.74 Å². The van der Waals surface area contributed by atoms with Crippen LogP contribution in [0.25, 0.3) is 0 Å². The van der Waals surface area contributed by atoms with Crippen molar-refractivity contribution in [1.82, 2.24) is 5.32 Å². The number of allylic oxidation sites excluding steroid dienone is 1. The Morgan fingerprint density at radius 1 is 1.32 bits per heavy atom. The Labute approximate surface area is 166 Å². The van der Waals surface area contributed by atoms with Crippen LogP contribution in [0.2, 0.25) is 0 Å². The van der Waals surface area contributed by atoms with Gasteiger partial charge in [-0.25, -0.2) is 9.98 Å². The summed E-state index contributed by atoms with van der Waals surface area (Å²) in [6, 6.07) is 7.31. The average molecular weight is 462 g/mol. The first kappa shape index (κ1) is 20.5. The minimum absolute atomic E-state index is 0.0970. The highest BCUT2D eigenvalue weighted by Crippen LogP contribution is 2.42. The number of amides is 1. The van der Waals surface area contributed by atoms with Crippen molar-refractivity contribution in [1.29, 1.82) is 0 Å². The van der Waals surface area contributed by atoms with E-state index in [1.54, 1.807) is 18.2 Å². The highest BCUT2D eigenvalue weighted by Gasteiger charge is 2.53. The molecule has 28 heavy (non-hydrogen) atoms. The lowest BCUT2D eigenvalue weighted by Gasteiger charge is -2.40. The first-order valence-corrected chi connectivity index (χ1v) is 9.15. The lowest BCUT2D eigenvalue weighted by atomic mass is 9.78. The lowest BCUT2D eigenvalue weighted by molar-refractivity contribution is -0.209. The molecule has 3 rings (SSSR count). The number of nitrogens with one attached hydrogen (secondary N) is 1. The first-order chi connectivity index (χ1) is 13.1. The highest BCUT2D eigenvalue weighted by molar-refractivity contribution is 9.11. The van der Waals surface area contributed by atoms with E-state index >= 15 is 0 Å². The average Bonchev–Trinajstić information content (AvgIpc) is 2.63. The fraction of sp³-hybridized carbons (Fsp3) is 0.389. The summed E-state index contributed by atoms with van der Waals surface area (Å²) >= 11 is 3.20. The number of alkyl halides is 3. The normalized spacial score (nSPS) is 27.9. The molecule has 1 aromatic rings. The molecule has 1 aromatic carbocycles. The topological polar surface area (TPSA) is 63.0 Å². The summed E-state index contributed by atoms with van der Waals surface area (Å²) < 4.78 is 60.0. The first-order valence-electron chi connectivity index (χ1n) is 8.36. The maximum atomic E-state index is 14.3. The van der Waals surface area contributed by atoms with Gasteiger partial charge in [0.05, 0.1) is 11.5 Å². The molecule has 150 valence electrons. The molecular weight excluding hydrogens is 446 g/mol. The van der Waals surface area contributed by atoms with E-state index in [0.29, 0.717) is 4.48 Å². The number of ether oxygens (including phenoxy) is 1. The highest BCUT2D eigenvalue weighted by atomic mass is 79.9. The maximum Gasteiger partial charge on any atom is 0.425 e. The molecule has 10 heteroatoms. The van der Waals surface area contributed by atoms with Gasteiger partial charge in [-0.3, -0.25) is 10.1 Å². The van der Waals surface area contributed by atoms with E-state index in [0.717, 1.165) is 0 Å². The van der Waals surface area contributed by atoms with Gasteiger partial charge in [0.15, 0.2) is 12.1 Å². The molecule has 2 heterocycles. The third-order valence-electron chi connectivity index (χ3n) is 4.60. The Morgan fingerprint density at radius 2 is 2.00 bits per heavy atom. The van der Waals surface area contributed by atoms with Crippen molar-refractivity contribution in [3.8, 4) is 0 Å². The second-order valence-electron chi connectivity index (χ2n) is 6.73. The standard InChI is InChI=1S/C18H16BrF4N3O2/c1-17(12-7-11(19)9-24-14(12)20)8-13(18(21,22)23)28-16(26-17)25-15(27)10-5-3-2-4-6-10/h2-6,9,12-13H,7-8H2,1H3,(H,25,26,27)/t12?,13-,17-/m0/s1. The molecule has 0 radical (unpaired) electrons. The number of hydrogen-bond acceptors (Lipinski definition) is 4. The molecule has 3 atom stereocenters. The number of rotatable bonds is 2. The molecule has 2 aliphatic rings. The fourth-order valence-corrected chi connectivity index (χ4v) is 3.53. The van der Waals surface area contributed by atoms with E-state index in [9.17, 15) is 22.4 Å². The van der Waals surface area contributed by atoms with Gasteiger partial charge in [0.2, 0.25) is 0 Å². The Bertz CT molecular complexity index is 854. The van der Waals surface area contributed by atoms with Gasteiger partial charge in [-0.2, -0.15) is 17.6 Å². The van der Waals surface area contributed by atoms with Crippen LogP contribution in [0.4, 0.5) is 17.6 Å². The molecule has 0 bridgehead atoms. The summed E-state index contributed by atoms with van der Waals surface area (Å²) in [4.78, 5) is 20.0. The summed E-state index contributed by atoms with van der Waals surface area (Å²) in [7, 11) is 0. The van der Waals surface area contributed by atoms with Gasteiger partial charge in [-0.1, -0.05) is 34.1 Å². The molecule has 0 spiro atoms. The predicted molar refractivity (Wildman–Crippen MR) is 99.0 cm³/mol. The number of halogens is 5. The van der Waals surface area contributed by atoms with Crippen molar-refractivity contribution in [2.45, 2.75) is 37.6 Å². The number of benzene rings is 1. The van der Waals surface area contributed by atoms with Crippen molar-refractivity contribution < 1.29 is 27.1 Å². The van der Waals surface area contributed by atoms with Crippen LogP contribution in [0.15, 0.2) is 51.0 Å². The summed E-state index contributed by atoms with van der Waals surface area (Å²) in [5.74, 6) is -2.52. The number of carbonyl (C=O) groups is 1. The second-order valence-corrected chi connectivity index (χ2v) is 7.75. The zero-order valence-electron chi connectivity index (χ0n) is 14.6. The summed E-state index contributed by atoms with van der Waals surface area (Å²) in [5.41, 5.74) is -1.29. The zero-order chi connectivity index (χ0) is 20.5. The van der Waals surface area contributed by atoms with E-state index in [4.69, 9.17) is 4.74 Å². The molecule has 0 aliphatic carbocycles. The van der Waals surface area contributed by atoms with Crippen LogP contribution in [0.3, 0.4) is 0 Å². The van der Waals surface area contributed by atoms with Crippen molar-refractivity contribution in [3.63, 3.8) is 0 Å². The Hall–Kier alpha value is -2.23. The predicted octanol–water partition coefficient (Wildman–Crippen LogP) is 4.51. The van der Waals surface area contributed by atoms with E-state index < -0.39 is 48.1 Å². The van der Waals surface area contributed by atoms with Crippen molar-refractivity contribution in [3.05, 3.63) is 46.6 Å². The molecule has 0 saturated carbocycles. The van der Waals surface area contributed by atoms with Crippen LogP contribution < -0.4 is 5.32 Å². The molecule has 0 fully saturated rings. The van der Waals surface area contributed by atoms with E-state index in [1.165, 1.54) is 25.3 Å². The van der Waals surface area contributed by atoms with Crippen LogP contribution in [-0.4, -0.2) is 35.7 Å². The van der Waals surface area contributed by atoms with Gasteiger partial charge in [0.1, 0.15) is 0 Å². The van der Waals surface area contributed by atoms with E-state index in [-0.39, 0.29) is 12.0 Å². The van der Waals surface area contributed by atoms with Crippen molar-refractivity contribution >= 4 is 33.8 Å². The Kier molecular flexibility index (Phi) is 5.60. The van der Waals surface area contributed by atoms with Crippen LogP contribution in [0.5, 0.6) is 0 Å². The summed E-state index contributed by atoms with van der Waals surface area (Å²) in [6.45, 7) is 1.40. The molecule has 1 amide bonds. The number of aliphatic imine (C=N–C) groups is 2. The van der Waals surface area contributed by atoms with Crippen LogP contribution in [0, 0.1) is 5.92 Å². The SMILES string of the molecule is C[C@@]1(C2CC(Br)=CN=C2F)C[C@@H](C(F)(F)F)OC(NC(=O)c2ccccc2)=N1. The van der Waals surface area contributed by atoms with Gasteiger partial charge in [0.25, 0.3) is 11.9 Å². The van der Waals surface area contributed by atoms with E-state index in [2.05, 4.69) is 31.2 Å². The maximum absolute atomic E-state index is 14.3. The van der Waals surface area contributed by atoms with Gasteiger partial charge in [-0.05, 0) is 25.5 Å². The molecule has 0 aromatic heterocycles. The minimum Gasteiger partial charge on any atom is -0.452 e. The third-order valence-corrected chi connectivity index (χ3v) is 5.12. The smallest absolute Gasteiger partial charge is 0.425 e. The number of amidine groups is 1. The van der Waals surface area contributed by atoms with Crippen molar-refractivity contribution in [2.75, 3.05) is 0 Å². The van der Waals surface area contributed by atoms with Gasteiger partial charge in [0, 0.05) is 22.7 Å². The fourth-order valence-electron chi connectivity index (χ4n) is 3.10. The van der Waals surface area contributed by atoms with Gasteiger partial charge < -0.3 is 4.74 Å². The van der Waals surface area contributed by atoms with Crippen LogP contribution >= 0.6 is 15.9 Å². The molecule has 0 saturated heterocycles. The third kappa shape index (κ3) is 4.43. The number of nitrogens with zero attached hydrogens (tertiary/aromatic N) is 2. The zero-order valence-corrected chi connectivity index (χ0v) is 16.2. The lowest BCUT2D eigenvalue weighted by Crippen LogP contribution is -2.53. The monoisotopic (exact) mass is 461 g/mol. The van der Waals surface area contributed by atoms with Crippen molar-refractivity contribution in [2.24, 2.45) is 15.9 Å². The number of carbonyl (C=O) groups excluding carboxylic acids is 1. The molecule has 5 nitrogen and oxygen atoms in total.